The Hall–Kier alpha value is -2.09. The van der Waals surface area contributed by atoms with Crippen molar-refractivity contribution in [3.63, 3.8) is 0 Å². The van der Waals surface area contributed by atoms with E-state index in [4.69, 9.17) is 4.98 Å². The number of likely N-dealkylation sites (N-methyl/N-ethyl adjacent to an activating group) is 1. The summed E-state index contributed by atoms with van der Waals surface area (Å²) >= 11 is 1.45. The first-order chi connectivity index (χ1) is 13.7. The summed E-state index contributed by atoms with van der Waals surface area (Å²) in [5, 5.41) is 0. The fraction of sp³-hybridized carbons (Fsp3) is 0.476. The van der Waals surface area contributed by atoms with Gasteiger partial charge in [0.05, 0.1) is 18.1 Å². The molecule has 1 saturated heterocycles. The maximum atomic E-state index is 13.3. The van der Waals surface area contributed by atoms with Crippen molar-refractivity contribution in [3.8, 4) is 0 Å². The van der Waals surface area contributed by atoms with E-state index in [2.05, 4.69) is 40.9 Å². The lowest BCUT2D eigenvalue weighted by Gasteiger charge is -2.38. The van der Waals surface area contributed by atoms with Gasteiger partial charge in [0, 0.05) is 26.2 Å². The topological polar surface area (TPSA) is 54.3 Å². The first-order valence-electron chi connectivity index (χ1n) is 9.98. The SMILES string of the molecule is CCCC(c1nc2scnc2c(=O)n1Cc1ccccc1)N1CCN(C)CC1. The average Bonchev–Trinajstić information content (AvgIpc) is 3.19. The highest BCUT2D eigenvalue weighted by Crippen LogP contribution is 2.27. The molecule has 4 rings (SSSR count). The number of piperazine rings is 1. The number of nitrogens with zero attached hydrogens (tertiary/aromatic N) is 5. The lowest BCUT2D eigenvalue weighted by Crippen LogP contribution is -2.47. The van der Waals surface area contributed by atoms with E-state index in [0.717, 1.165) is 55.2 Å². The Morgan fingerprint density at radius 3 is 2.61 bits per heavy atom. The Kier molecular flexibility index (Phi) is 5.85. The third-order valence-corrected chi connectivity index (χ3v) is 6.23. The second kappa shape index (κ2) is 8.51. The molecular formula is C21H27N5OS. The van der Waals surface area contributed by atoms with Crippen LogP contribution in [0.5, 0.6) is 0 Å². The van der Waals surface area contributed by atoms with Crippen LogP contribution in [-0.2, 0) is 6.54 Å². The Bertz CT molecular complexity index is 975. The summed E-state index contributed by atoms with van der Waals surface area (Å²) in [6.07, 6.45) is 2.05. The second-order valence-corrected chi connectivity index (χ2v) is 8.33. The van der Waals surface area contributed by atoms with Gasteiger partial charge < -0.3 is 4.90 Å². The number of rotatable bonds is 6. The van der Waals surface area contributed by atoms with Crippen molar-refractivity contribution < 1.29 is 0 Å². The van der Waals surface area contributed by atoms with Gasteiger partial charge in [-0.15, -0.1) is 11.3 Å². The summed E-state index contributed by atoms with van der Waals surface area (Å²) in [4.78, 5) is 28.2. The predicted octanol–water partition coefficient (Wildman–Crippen LogP) is 2.99. The van der Waals surface area contributed by atoms with E-state index in [1.54, 1.807) is 5.51 Å². The lowest BCUT2D eigenvalue weighted by molar-refractivity contribution is 0.0997. The molecule has 0 aliphatic carbocycles. The van der Waals surface area contributed by atoms with Crippen molar-refractivity contribution in [1.29, 1.82) is 0 Å². The molecule has 0 N–H and O–H groups in total. The molecule has 1 aliphatic heterocycles. The van der Waals surface area contributed by atoms with Crippen molar-refractivity contribution in [1.82, 2.24) is 24.3 Å². The van der Waals surface area contributed by atoms with Gasteiger partial charge in [0.1, 0.15) is 5.82 Å². The van der Waals surface area contributed by atoms with Crippen LogP contribution < -0.4 is 5.56 Å². The normalized spacial score (nSPS) is 17.2. The fourth-order valence-electron chi connectivity index (χ4n) is 3.92. The third kappa shape index (κ3) is 3.87. The third-order valence-electron chi connectivity index (χ3n) is 5.51. The van der Waals surface area contributed by atoms with E-state index < -0.39 is 0 Å². The molecule has 3 heterocycles. The summed E-state index contributed by atoms with van der Waals surface area (Å²) in [5.41, 5.74) is 3.29. The quantitative estimate of drug-likeness (QED) is 0.640. The zero-order valence-electron chi connectivity index (χ0n) is 16.5. The molecule has 1 unspecified atom stereocenters. The summed E-state index contributed by atoms with van der Waals surface area (Å²) in [6, 6.07) is 10.3. The van der Waals surface area contributed by atoms with Crippen molar-refractivity contribution in [2.24, 2.45) is 0 Å². The molecule has 1 aliphatic rings. The summed E-state index contributed by atoms with van der Waals surface area (Å²) in [7, 11) is 2.17. The highest BCUT2D eigenvalue weighted by Gasteiger charge is 2.28. The molecule has 148 valence electrons. The highest BCUT2D eigenvalue weighted by molar-refractivity contribution is 7.16. The van der Waals surface area contributed by atoms with Crippen molar-refractivity contribution in [2.45, 2.75) is 32.4 Å². The van der Waals surface area contributed by atoms with Gasteiger partial charge in [-0.05, 0) is 19.0 Å². The van der Waals surface area contributed by atoms with E-state index in [-0.39, 0.29) is 11.6 Å². The van der Waals surface area contributed by atoms with Crippen LogP contribution in [0.2, 0.25) is 0 Å². The Labute approximate surface area is 169 Å². The molecule has 0 bridgehead atoms. The number of hydrogen-bond acceptors (Lipinski definition) is 6. The molecule has 1 aromatic carbocycles. The van der Waals surface area contributed by atoms with Crippen LogP contribution in [0, 0.1) is 0 Å². The zero-order chi connectivity index (χ0) is 19.5. The molecular weight excluding hydrogens is 370 g/mol. The standard InChI is InChI=1S/C21H27N5OS/c1-3-7-17(25-12-10-24(2)11-13-25)19-23-20-18(22-15-28-20)21(27)26(19)14-16-8-5-4-6-9-16/h4-6,8-9,15,17H,3,7,10-14H2,1-2H3. The molecule has 2 aromatic heterocycles. The largest absolute Gasteiger partial charge is 0.304 e. The van der Waals surface area contributed by atoms with Gasteiger partial charge in [-0.25, -0.2) is 9.97 Å². The van der Waals surface area contributed by atoms with Crippen molar-refractivity contribution >= 4 is 21.7 Å². The molecule has 3 aromatic rings. The van der Waals surface area contributed by atoms with Crippen LogP contribution >= 0.6 is 11.3 Å². The number of aromatic nitrogens is 3. The lowest BCUT2D eigenvalue weighted by atomic mass is 10.1. The van der Waals surface area contributed by atoms with Gasteiger partial charge in [0.2, 0.25) is 0 Å². The first kappa shape index (κ1) is 19.2. The summed E-state index contributed by atoms with van der Waals surface area (Å²) < 4.78 is 1.86. The molecule has 0 amide bonds. The van der Waals surface area contributed by atoms with Crippen molar-refractivity contribution in [2.75, 3.05) is 33.2 Å². The maximum Gasteiger partial charge on any atom is 0.281 e. The molecule has 1 atom stereocenters. The maximum absolute atomic E-state index is 13.3. The van der Waals surface area contributed by atoms with Gasteiger partial charge in [-0.1, -0.05) is 43.7 Å². The minimum Gasteiger partial charge on any atom is -0.304 e. The van der Waals surface area contributed by atoms with Crippen molar-refractivity contribution in [3.05, 3.63) is 57.6 Å². The first-order valence-corrected chi connectivity index (χ1v) is 10.9. The molecule has 0 radical (unpaired) electrons. The van der Waals surface area contributed by atoms with Gasteiger partial charge in [0.15, 0.2) is 10.3 Å². The van der Waals surface area contributed by atoms with E-state index in [9.17, 15) is 4.79 Å². The van der Waals surface area contributed by atoms with Crippen LogP contribution in [0.4, 0.5) is 0 Å². The van der Waals surface area contributed by atoms with Gasteiger partial charge in [-0.2, -0.15) is 0 Å². The predicted molar refractivity (Wildman–Crippen MR) is 114 cm³/mol. The second-order valence-electron chi connectivity index (χ2n) is 7.50. The smallest absolute Gasteiger partial charge is 0.281 e. The molecule has 6 nitrogen and oxygen atoms in total. The Morgan fingerprint density at radius 2 is 1.89 bits per heavy atom. The van der Waals surface area contributed by atoms with E-state index in [1.165, 1.54) is 11.3 Å². The summed E-state index contributed by atoms with van der Waals surface area (Å²) in [6.45, 7) is 6.83. The number of fused-ring (bicyclic) bond motifs is 1. The van der Waals surface area contributed by atoms with Gasteiger partial charge in [0.25, 0.3) is 5.56 Å². The van der Waals surface area contributed by atoms with Gasteiger partial charge >= 0.3 is 0 Å². The number of benzene rings is 1. The zero-order valence-corrected chi connectivity index (χ0v) is 17.4. The summed E-state index contributed by atoms with van der Waals surface area (Å²) in [5.74, 6) is 0.886. The average molecular weight is 398 g/mol. The van der Waals surface area contributed by atoms with Crippen LogP contribution in [0.1, 0.15) is 37.2 Å². The minimum atomic E-state index is -0.0275. The minimum absolute atomic E-state index is 0.0275. The fourth-order valence-corrected chi connectivity index (χ4v) is 4.57. The van der Waals surface area contributed by atoms with Crippen LogP contribution in [-0.4, -0.2) is 57.6 Å². The molecule has 0 spiro atoms. The number of thiazole rings is 1. The Morgan fingerprint density at radius 1 is 1.14 bits per heavy atom. The Balaban J connectivity index is 1.80. The monoisotopic (exact) mass is 397 g/mol. The van der Waals surface area contributed by atoms with Crippen LogP contribution in [0.15, 0.2) is 40.6 Å². The van der Waals surface area contributed by atoms with Gasteiger partial charge in [-0.3, -0.25) is 14.3 Å². The molecule has 1 fully saturated rings. The number of hydrogen-bond donors (Lipinski definition) is 0. The molecule has 0 saturated carbocycles. The highest BCUT2D eigenvalue weighted by atomic mass is 32.1. The molecule has 28 heavy (non-hydrogen) atoms. The van der Waals surface area contributed by atoms with Crippen LogP contribution in [0.25, 0.3) is 10.3 Å². The van der Waals surface area contributed by atoms with E-state index in [1.807, 2.05) is 22.8 Å². The van der Waals surface area contributed by atoms with E-state index in [0.29, 0.717) is 12.1 Å². The van der Waals surface area contributed by atoms with E-state index >= 15 is 0 Å². The van der Waals surface area contributed by atoms with Crippen LogP contribution in [0.3, 0.4) is 0 Å². The molecule has 7 heteroatoms.